The topological polar surface area (TPSA) is 12.0 Å². The first-order valence-corrected chi connectivity index (χ1v) is 4.33. The number of hydrogen-bond donors (Lipinski definition) is 1. The normalized spacial score (nSPS) is 20.3. The Bertz CT molecular complexity index is 300. The summed E-state index contributed by atoms with van der Waals surface area (Å²) < 4.78 is 13.1. The zero-order valence-electron chi connectivity index (χ0n) is 6.89. The lowest BCUT2D eigenvalue weighted by Crippen LogP contribution is -2.35. The standard InChI is InChI=1S/C9H9ClFN.ClH/c10-6-1-2-8(11)7(5-6)9-3-4-12-9;/h1-2,5,9,12H,3-4H2;1H/t9-;/m0./s1. The van der Waals surface area contributed by atoms with E-state index >= 15 is 0 Å². The van der Waals surface area contributed by atoms with E-state index in [1.807, 2.05) is 0 Å². The summed E-state index contributed by atoms with van der Waals surface area (Å²) in [5.74, 6) is -0.170. The lowest BCUT2D eigenvalue weighted by molar-refractivity contribution is 0.370. The van der Waals surface area contributed by atoms with Crippen molar-refractivity contribution in [3.05, 3.63) is 34.6 Å². The Morgan fingerprint density at radius 3 is 2.69 bits per heavy atom. The van der Waals surface area contributed by atoms with E-state index in [4.69, 9.17) is 11.6 Å². The van der Waals surface area contributed by atoms with Gasteiger partial charge in [0.1, 0.15) is 5.82 Å². The van der Waals surface area contributed by atoms with Crippen LogP contribution in [0.2, 0.25) is 5.02 Å². The molecule has 0 radical (unpaired) electrons. The fraction of sp³-hybridized carbons (Fsp3) is 0.333. The van der Waals surface area contributed by atoms with Crippen LogP contribution in [0.1, 0.15) is 18.0 Å². The van der Waals surface area contributed by atoms with Crippen LogP contribution in [-0.4, -0.2) is 6.54 Å². The molecule has 0 saturated carbocycles. The first-order chi connectivity index (χ1) is 5.77. The van der Waals surface area contributed by atoms with E-state index in [0.717, 1.165) is 13.0 Å². The summed E-state index contributed by atoms with van der Waals surface area (Å²) in [6, 6.07) is 4.84. The van der Waals surface area contributed by atoms with Gasteiger partial charge in [0.05, 0.1) is 0 Å². The number of rotatable bonds is 1. The minimum absolute atomic E-state index is 0. The van der Waals surface area contributed by atoms with Gasteiger partial charge in [0.25, 0.3) is 0 Å². The zero-order chi connectivity index (χ0) is 8.55. The highest BCUT2D eigenvalue weighted by Crippen LogP contribution is 2.27. The van der Waals surface area contributed by atoms with Crippen molar-refractivity contribution in [3.63, 3.8) is 0 Å². The molecule has 4 heteroatoms. The molecule has 1 N–H and O–H groups in total. The van der Waals surface area contributed by atoms with Crippen molar-refractivity contribution in [1.82, 2.24) is 5.32 Å². The predicted molar refractivity (Wildman–Crippen MR) is 54.0 cm³/mol. The van der Waals surface area contributed by atoms with Gasteiger partial charge in [-0.3, -0.25) is 0 Å². The van der Waals surface area contributed by atoms with Gasteiger partial charge in [-0.25, -0.2) is 4.39 Å². The first-order valence-electron chi connectivity index (χ1n) is 3.96. The van der Waals surface area contributed by atoms with E-state index in [9.17, 15) is 4.39 Å². The van der Waals surface area contributed by atoms with E-state index in [1.54, 1.807) is 12.1 Å². The fourth-order valence-electron chi connectivity index (χ4n) is 1.34. The molecule has 0 spiro atoms. The molecule has 1 heterocycles. The minimum Gasteiger partial charge on any atom is -0.310 e. The quantitative estimate of drug-likeness (QED) is 0.770. The van der Waals surface area contributed by atoms with E-state index < -0.39 is 0 Å². The predicted octanol–water partition coefficient (Wildman–Crippen LogP) is 2.94. The van der Waals surface area contributed by atoms with Crippen molar-refractivity contribution in [2.24, 2.45) is 0 Å². The third-order valence-corrected chi connectivity index (χ3v) is 2.39. The van der Waals surface area contributed by atoms with Crippen LogP contribution < -0.4 is 5.32 Å². The van der Waals surface area contributed by atoms with Crippen molar-refractivity contribution in [1.29, 1.82) is 0 Å². The van der Waals surface area contributed by atoms with Gasteiger partial charge in [0.2, 0.25) is 0 Å². The number of benzene rings is 1. The minimum atomic E-state index is -0.170. The number of nitrogens with one attached hydrogen (secondary N) is 1. The molecule has 0 amide bonds. The van der Waals surface area contributed by atoms with Gasteiger partial charge in [0, 0.05) is 16.6 Å². The SMILES string of the molecule is Cl.Fc1ccc(Cl)cc1[C@@H]1CCN1. The summed E-state index contributed by atoms with van der Waals surface area (Å²) in [5.41, 5.74) is 0.689. The zero-order valence-corrected chi connectivity index (χ0v) is 8.46. The van der Waals surface area contributed by atoms with Crippen molar-refractivity contribution >= 4 is 24.0 Å². The second-order valence-electron chi connectivity index (χ2n) is 2.96. The molecule has 0 unspecified atom stereocenters. The monoisotopic (exact) mass is 221 g/mol. The Morgan fingerprint density at radius 2 is 2.15 bits per heavy atom. The summed E-state index contributed by atoms with van der Waals surface area (Å²) in [5, 5.41) is 3.73. The number of hydrogen-bond acceptors (Lipinski definition) is 1. The van der Waals surface area contributed by atoms with Gasteiger partial charge in [0.15, 0.2) is 0 Å². The molecule has 72 valence electrons. The summed E-state index contributed by atoms with van der Waals surface area (Å²) >= 11 is 5.75. The molecule has 1 saturated heterocycles. The van der Waals surface area contributed by atoms with Crippen LogP contribution in [0, 0.1) is 5.82 Å². The van der Waals surface area contributed by atoms with E-state index in [1.165, 1.54) is 6.07 Å². The van der Waals surface area contributed by atoms with Gasteiger partial charge in [-0.2, -0.15) is 0 Å². The molecule has 0 aliphatic carbocycles. The summed E-state index contributed by atoms with van der Waals surface area (Å²) in [6.45, 7) is 0.969. The van der Waals surface area contributed by atoms with Gasteiger partial charge < -0.3 is 5.32 Å². The maximum atomic E-state index is 13.1. The third-order valence-electron chi connectivity index (χ3n) is 2.16. The van der Waals surface area contributed by atoms with Gasteiger partial charge in [-0.15, -0.1) is 12.4 Å². The van der Waals surface area contributed by atoms with Crippen LogP contribution >= 0.6 is 24.0 Å². The molecular weight excluding hydrogens is 212 g/mol. The summed E-state index contributed by atoms with van der Waals surface area (Å²) in [4.78, 5) is 0. The summed E-state index contributed by atoms with van der Waals surface area (Å²) in [6.07, 6.45) is 0.997. The van der Waals surface area contributed by atoms with E-state index in [2.05, 4.69) is 5.32 Å². The average Bonchev–Trinajstić information content (AvgIpc) is 1.93. The summed E-state index contributed by atoms with van der Waals surface area (Å²) in [7, 11) is 0. The Hall–Kier alpha value is -0.310. The largest absolute Gasteiger partial charge is 0.310 e. The van der Waals surface area contributed by atoms with Crippen LogP contribution in [-0.2, 0) is 0 Å². The highest BCUT2D eigenvalue weighted by atomic mass is 35.5. The number of halogens is 3. The molecule has 1 aromatic rings. The van der Waals surface area contributed by atoms with Gasteiger partial charge >= 0.3 is 0 Å². The highest BCUT2D eigenvalue weighted by molar-refractivity contribution is 6.30. The molecule has 1 atom stereocenters. The molecule has 2 rings (SSSR count). The Morgan fingerprint density at radius 1 is 1.46 bits per heavy atom. The average molecular weight is 222 g/mol. The maximum absolute atomic E-state index is 13.1. The Balaban J connectivity index is 0.000000845. The molecule has 1 fully saturated rings. The lowest BCUT2D eigenvalue weighted by atomic mass is 9.98. The Kier molecular flexibility index (Phi) is 3.54. The van der Waals surface area contributed by atoms with Gasteiger partial charge in [-0.05, 0) is 31.2 Å². The van der Waals surface area contributed by atoms with E-state index in [-0.39, 0.29) is 24.3 Å². The van der Waals surface area contributed by atoms with Crippen molar-refractivity contribution in [2.75, 3.05) is 6.54 Å². The lowest BCUT2D eigenvalue weighted by Gasteiger charge is -2.28. The first kappa shape index (κ1) is 10.8. The second kappa shape index (κ2) is 4.27. The van der Waals surface area contributed by atoms with E-state index in [0.29, 0.717) is 10.6 Å². The highest BCUT2D eigenvalue weighted by Gasteiger charge is 2.21. The molecule has 1 nitrogen and oxygen atoms in total. The second-order valence-corrected chi connectivity index (χ2v) is 3.40. The molecule has 1 aromatic carbocycles. The fourth-order valence-corrected chi connectivity index (χ4v) is 1.52. The van der Waals surface area contributed by atoms with Gasteiger partial charge in [-0.1, -0.05) is 11.6 Å². The van der Waals surface area contributed by atoms with Crippen LogP contribution in [0.5, 0.6) is 0 Å². The molecule has 13 heavy (non-hydrogen) atoms. The molecule has 1 aliphatic heterocycles. The van der Waals surface area contributed by atoms with Crippen LogP contribution in [0.3, 0.4) is 0 Å². The van der Waals surface area contributed by atoms with Crippen LogP contribution in [0.25, 0.3) is 0 Å². The third kappa shape index (κ3) is 2.13. The maximum Gasteiger partial charge on any atom is 0.128 e. The molecule has 1 aliphatic rings. The van der Waals surface area contributed by atoms with Crippen molar-refractivity contribution < 1.29 is 4.39 Å². The molecule has 0 aromatic heterocycles. The smallest absolute Gasteiger partial charge is 0.128 e. The molecule has 0 bridgehead atoms. The van der Waals surface area contributed by atoms with Crippen molar-refractivity contribution in [2.45, 2.75) is 12.5 Å². The molecular formula is C9H10Cl2FN. The van der Waals surface area contributed by atoms with Crippen LogP contribution in [0.15, 0.2) is 18.2 Å². The van der Waals surface area contributed by atoms with Crippen LogP contribution in [0.4, 0.5) is 4.39 Å². The Labute approximate surface area is 87.7 Å². The van der Waals surface area contributed by atoms with Crippen molar-refractivity contribution in [3.8, 4) is 0 Å².